The van der Waals surface area contributed by atoms with Gasteiger partial charge in [0.25, 0.3) is 0 Å². The first-order chi connectivity index (χ1) is 12.7. The van der Waals surface area contributed by atoms with Crippen molar-refractivity contribution >= 4 is 16.8 Å². The second kappa shape index (κ2) is 6.41. The molecule has 3 aromatic rings. The number of aromatic amines is 1. The number of nitrogens with one attached hydrogen (secondary N) is 1. The van der Waals surface area contributed by atoms with Crippen molar-refractivity contribution < 1.29 is 19.0 Å². The number of rotatable bonds is 4. The Hall–Kier alpha value is -3.53. The molecular weight excluding hydrogens is 334 g/mol. The summed E-state index contributed by atoms with van der Waals surface area (Å²) in [7, 11) is 1.49. The zero-order chi connectivity index (χ0) is 18.1. The van der Waals surface area contributed by atoms with Gasteiger partial charge in [-0.25, -0.2) is 4.98 Å². The number of aromatic nitrogens is 2. The summed E-state index contributed by atoms with van der Waals surface area (Å²) in [4.78, 5) is 20.4. The first kappa shape index (κ1) is 16.0. The number of nitrogens with zero attached hydrogens (tertiary/aromatic N) is 2. The average molecular weight is 349 g/mol. The van der Waals surface area contributed by atoms with E-state index in [-0.39, 0.29) is 5.78 Å². The largest absolute Gasteiger partial charge is 0.493 e. The summed E-state index contributed by atoms with van der Waals surface area (Å²) < 4.78 is 16.4. The average Bonchev–Trinajstić information content (AvgIpc) is 3.11. The van der Waals surface area contributed by atoms with Crippen molar-refractivity contribution in [3.8, 4) is 23.3 Å². The van der Waals surface area contributed by atoms with Gasteiger partial charge in [0.15, 0.2) is 23.2 Å². The summed E-state index contributed by atoms with van der Waals surface area (Å²) in [5, 5.41) is 9.58. The fraction of sp³-hybridized carbons (Fsp3) is 0.211. The molecule has 0 saturated heterocycles. The molecule has 130 valence electrons. The second-order valence-electron chi connectivity index (χ2n) is 5.77. The highest BCUT2D eigenvalue weighted by atomic mass is 16.6. The third-order valence-electron chi connectivity index (χ3n) is 4.18. The molecule has 4 rings (SSSR count). The molecular formula is C19H15N3O4. The van der Waals surface area contributed by atoms with E-state index in [4.69, 9.17) is 14.2 Å². The van der Waals surface area contributed by atoms with Crippen molar-refractivity contribution in [2.24, 2.45) is 0 Å². The van der Waals surface area contributed by atoms with E-state index in [1.165, 1.54) is 7.11 Å². The number of para-hydroxylation sites is 2. The Balaban J connectivity index is 1.74. The molecule has 0 spiro atoms. The van der Waals surface area contributed by atoms with Gasteiger partial charge in [-0.1, -0.05) is 12.1 Å². The third kappa shape index (κ3) is 2.62. The summed E-state index contributed by atoms with van der Waals surface area (Å²) in [5.41, 5.74) is 1.78. The molecule has 2 aromatic carbocycles. The maximum atomic E-state index is 13.0. The molecule has 1 aliphatic rings. The first-order valence-corrected chi connectivity index (χ1v) is 8.07. The Morgan fingerprint density at radius 2 is 2.12 bits per heavy atom. The summed E-state index contributed by atoms with van der Waals surface area (Å²) in [6.07, 6.45) is 0. The van der Waals surface area contributed by atoms with E-state index in [0.29, 0.717) is 47.4 Å². The highest BCUT2D eigenvalue weighted by molar-refractivity contribution is 6.03. The van der Waals surface area contributed by atoms with Crippen LogP contribution in [0.4, 0.5) is 0 Å². The fourth-order valence-corrected chi connectivity index (χ4v) is 2.94. The SMILES string of the molecule is COc1cc(C(=O)[C@H](C#N)c2nc3ccccc3[nH]2)cc2c1OCCO2. The Morgan fingerprint density at radius 3 is 2.88 bits per heavy atom. The van der Waals surface area contributed by atoms with Gasteiger partial charge in [-0.3, -0.25) is 4.79 Å². The van der Waals surface area contributed by atoms with Crippen LogP contribution < -0.4 is 14.2 Å². The minimum atomic E-state index is -1.06. The lowest BCUT2D eigenvalue weighted by Crippen LogP contribution is -2.18. The van der Waals surface area contributed by atoms with Gasteiger partial charge < -0.3 is 19.2 Å². The molecule has 0 saturated carbocycles. The van der Waals surface area contributed by atoms with Crippen LogP contribution in [-0.2, 0) is 0 Å². The molecule has 0 unspecified atom stereocenters. The molecule has 26 heavy (non-hydrogen) atoms. The van der Waals surface area contributed by atoms with Crippen molar-refractivity contribution in [1.82, 2.24) is 9.97 Å². The lowest BCUT2D eigenvalue weighted by atomic mass is 9.97. The number of hydrogen-bond acceptors (Lipinski definition) is 6. The predicted molar refractivity (Wildman–Crippen MR) is 92.8 cm³/mol. The molecule has 1 N–H and O–H groups in total. The molecule has 7 heteroatoms. The maximum absolute atomic E-state index is 13.0. The van der Waals surface area contributed by atoms with E-state index < -0.39 is 5.92 Å². The van der Waals surface area contributed by atoms with Gasteiger partial charge in [0, 0.05) is 5.56 Å². The second-order valence-corrected chi connectivity index (χ2v) is 5.77. The lowest BCUT2D eigenvalue weighted by molar-refractivity contribution is 0.0974. The number of imidazole rings is 1. The van der Waals surface area contributed by atoms with E-state index in [1.807, 2.05) is 30.3 Å². The van der Waals surface area contributed by atoms with Crippen LogP contribution in [0, 0.1) is 11.3 Å². The number of carbonyl (C=O) groups excluding carboxylic acids is 1. The third-order valence-corrected chi connectivity index (χ3v) is 4.18. The van der Waals surface area contributed by atoms with Crippen LogP contribution in [0.5, 0.6) is 17.2 Å². The number of methoxy groups -OCH3 is 1. The first-order valence-electron chi connectivity index (χ1n) is 8.07. The minimum absolute atomic E-state index is 0.304. The fourth-order valence-electron chi connectivity index (χ4n) is 2.94. The molecule has 1 aliphatic heterocycles. The monoisotopic (exact) mass is 349 g/mol. The molecule has 0 amide bonds. The number of carbonyl (C=O) groups is 1. The van der Waals surface area contributed by atoms with Crippen LogP contribution in [-0.4, -0.2) is 36.1 Å². The van der Waals surface area contributed by atoms with E-state index in [2.05, 4.69) is 9.97 Å². The van der Waals surface area contributed by atoms with E-state index in [0.717, 1.165) is 5.52 Å². The van der Waals surface area contributed by atoms with Crippen LogP contribution in [0.25, 0.3) is 11.0 Å². The van der Waals surface area contributed by atoms with Crippen LogP contribution in [0.3, 0.4) is 0 Å². The Kier molecular flexibility index (Phi) is 3.93. The summed E-state index contributed by atoms with van der Waals surface area (Å²) in [6, 6.07) is 12.5. The zero-order valence-electron chi connectivity index (χ0n) is 14.0. The number of ether oxygens (including phenoxy) is 3. The molecule has 1 aromatic heterocycles. The van der Waals surface area contributed by atoms with Gasteiger partial charge in [-0.05, 0) is 24.3 Å². The van der Waals surface area contributed by atoms with Crippen molar-refractivity contribution in [3.63, 3.8) is 0 Å². The predicted octanol–water partition coefficient (Wildman–Crippen LogP) is 2.83. The Bertz CT molecular complexity index is 985. The van der Waals surface area contributed by atoms with E-state index in [1.54, 1.807) is 12.1 Å². The standard InChI is InChI=1S/C19H15N3O4/c1-24-15-8-11(9-16-18(15)26-7-6-25-16)17(23)12(10-20)19-21-13-4-2-3-5-14(13)22-19/h2-5,8-9,12H,6-7H2,1H3,(H,21,22)/t12-/m0/s1. The van der Waals surface area contributed by atoms with Crippen molar-refractivity contribution in [1.29, 1.82) is 5.26 Å². The molecule has 7 nitrogen and oxygen atoms in total. The molecule has 2 heterocycles. The molecule has 1 atom stereocenters. The number of nitriles is 1. The summed E-state index contributed by atoms with van der Waals surface area (Å²) >= 11 is 0. The number of hydrogen-bond donors (Lipinski definition) is 1. The van der Waals surface area contributed by atoms with Gasteiger partial charge in [0.2, 0.25) is 5.75 Å². The van der Waals surface area contributed by atoms with Gasteiger partial charge >= 0.3 is 0 Å². The van der Waals surface area contributed by atoms with Crippen molar-refractivity contribution in [3.05, 3.63) is 47.8 Å². The number of fused-ring (bicyclic) bond motifs is 2. The maximum Gasteiger partial charge on any atom is 0.203 e. The molecule has 0 fully saturated rings. The minimum Gasteiger partial charge on any atom is -0.493 e. The number of benzene rings is 2. The number of H-pyrrole nitrogens is 1. The molecule has 0 radical (unpaired) electrons. The number of ketones is 1. The van der Waals surface area contributed by atoms with Gasteiger partial charge in [0.05, 0.1) is 24.2 Å². The highest BCUT2D eigenvalue weighted by Gasteiger charge is 2.28. The molecule has 0 bridgehead atoms. The van der Waals surface area contributed by atoms with Crippen LogP contribution in [0.1, 0.15) is 22.1 Å². The highest BCUT2D eigenvalue weighted by Crippen LogP contribution is 2.41. The smallest absolute Gasteiger partial charge is 0.203 e. The molecule has 0 aliphatic carbocycles. The summed E-state index contributed by atoms with van der Waals surface area (Å²) in [6.45, 7) is 0.801. The van der Waals surface area contributed by atoms with Gasteiger partial charge in [-0.2, -0.15) is 5.26 Å². The van der Waals surface area contributed by atoms with Gasteiger partial charge in [-0.15, -0.1) is 0 Å². The summed E-state index contributed by atoms with van der Waals surface area (Å²) in [5.74, 6) is 0.156. The topological polar surface area (TPSA) is 97.2 Å². The van der Waals surface area contributed by atoms with E-state index in [9.17, 15) is 10.1 Å². The van der Waals surface area contributed by atoms with E-state index >= 15 is 0 Å². The quantitative estimate of drug-likeness (QED) is 0.728. The van der Waals surface area contributed by atoms with Crippen molar-refractivity contribution in [2.45, 2.75) is 5.92 Å². The Labute approximate surface area is 149 Å². The van der Waals surface area contributed by atoms with Crippen molar-refractivity contribution in [2.75, 3.05) is 20.3 Å². The normalized spacial score (nSPS) is 13.8. The number of Topliss-reactive ketones (excluding diaryl/α,β-unsaturated/α-hetero) is 1. The Morgan fingerprint density at radius 1 is 1.31 bits per heavy atom. The van der Waals surface area contributed by atoms with Gasteiger partial charge in [0.1, 0.15) is 19.0 Å². The van der Waals surface area contributed by atoms with Crippen LogP contribution >= 0.6 is 0 Å². The zero-order valence-corrected chi connectivity index (χ0v) is 14.0. The lowest BCUT2D eigenvalue weighted by Gasteiger charge is -2.21. The van der Waals surface area contributed by atoms with Crippen LogP contribution in [0.2, 0.25) is 0 Å². The van der Waals surface area contributed by atoms with Crippen LogP contribution in [0.15, 0.2) is 36.4 Å².